The number of carbonyl (C=O) groups excluding carboxylic acids is 2. The number of carbonyl (C=O) groups is 3. The molecule has 178 valence electrons. The smallest absolute Gasteiger partial charge is 0.307 e. The molecule has 1 atom stereocenters. The Kier molecular flexibility index (Phi) is 6.62. The van der Waals surface area contributed by atoms with Gasteiger partial charge in [-0.3, -0.25) is 19.3 Å². The van der Waals surface area contributed by atoms with Crippen LogP contribution in [0.4, 0.5) is 5.69 Å². The van der Waals surface area contributed by atoms with Gasteiger partial charge in [-0.05, 0) is 47.9 Å². The summed E-state index contributed by atoms with van der Waals surface area (Å²) in [5.74, 6) is -2.86. The summed E-state index contributed by atoms with van der Waals surface area (Å²) in [5.41, 5.74) is 2.39. The van der Waals surface area contributed by atoms with Crippen LogP contribution in [-0.2, 0) is 20.8 Å². The van der Waals surface area contributed by atoms with Gasteiger partial charge in [0, 0.05) is 5.69 Å². The molecule has 0 aliphatic carbocycles. The Morgan fingerprint density at radius 3 is 2.29 bits per heavy atom. The van der Waals surface area contributed by atoms with Gasteiger partial charge in [0.25, 0.3) is 11.7 Å². The first-order valence-corrected chi connectivity index (χ1v) is 11.1. The summed E-state index contributed by atoms with van der Waals surface area (Å²) < 4.78 is 5.39. The molecule has 0 bridgehead atoms. The maximum Gasteiger partial charge on any atom is 0.307 e. The molecule has 1 aliphatic rings. The molecule has 2 N–H and O–H groups in total. The van der Waals surface area contributed by atoms with Crippen molar-refractivity contribution >= 4 is 40.7 Å². The van der Waals surface area contributed by atoms with Crippen molar-refractivity contribution in [3.8, 4) is 5.75 Å². The number of benzene rings is 3. The molecule has 0 spiro atoms. The maximum absolute atomic E-state index is 13.3. The molecule has 1 fully saturated rings. The van der Waals surface area contributed by atoms with Crippen molar-refractivity contribution in [3.05, 3.63) is 99.6 Å². The molecule has 1 unspecified atom stereocenters. The fourth-order valence-corrected chi connectivity index (χ4v) is 4.61. The molecule has 1 saturated heterocycles. The normalized spacial score (nSPS) is 17.0. The Hall–Kier alpha value is -4.10. The number of ether oxygens (including phenoxy) is 1. The summed E-state index contributed by atoms with van der Waals surface area (Å²) in [4.78, 5) is 38.9. The zero-order valence-electron chi connectivity index (χ0n) is 19.0. The monoisotopic (exact) mass is 491 g/mol. The number of carboxylic acid groups (broad SMARTS) is 1. The molecule has 3 aromatic carbocycles. The SMILES string of the molecule is COc1c(Cl)cc(C)cc1/C(O)=C1\C(=O)C(=O)N(c2ccc(CC(=O)O)cc2)C1c1ccccc1. The summed E-state index contributed by atoms with van der Waals surface area (Å²) in [6.45, 7) is 1.79. The lowest BCUT2D eigenvalue weighted by molar-refractivity contribution is -0.136. The topological polar surface area (TPSA) is 104 Å². The quantitative estimate of drug-likeness (QED) is 0.288. The Bertz CT molecular complexity index is 1350. The number of carboxylic acids is 1. The van der Waals surface area contributed by atoms with Gasteiger partial charge < -0.3 is 14.9 Å². The van der Waals surface area contributed by atoms with Crippen LogP contribution in [-0.4, -0.2) is 35.0 Å². The Balaban J connectivity index is 1.92. The van der Waals surface area contributed by atoms with Crippen LogP contribution >= 0.6 is 11.6 Å². The largest absolute Gasteiger partial charge is 0.507 e. The average molecular weight is 492 g/mol. The third kappa shape index (κ3) is 4.50. The van der Waals surface area contributed by atoms with Gasteiger partial charge in [-0.2, -0.15) is 0 Å². The predicted molar refractivity (Wildman–Crippen MR) is 132 cm³/mol. The second-order valence-electron chi connectivity index (χ2n) is 8.14. The molecule has 3 aromatic rings. The van der Waals surface area contributed by atoms with E-state index in [9.17, 15) is 19.5 Å². The fraction of sp³-hybridized carbons (Fsp3) is 0.148. The molecule has 0 aromatic heterocycles. The van der Waals surface area contributed by atoms with Gasteiger partial charge in [-0.1, -0.05) is 54.1 Å². The summed E-state index contributed by atoms with van der Waals surface area (Å²) >= 11 is 6.32. The highest BCUT2D eigenvalue weighted by Gasteiger charge is 2.47. The Labute approximate surface area is 206 Å². The number of anilines is 1. The van der Waals surface area contributed by atoms with Crippen molar-refractivity contribution in [2.24, 2.45) is 0 Å². The number of nitrogens with zero attached hydrogens (tertiary/aromatic N) is 1. The number of hydrogen-bond donors (Lipinski definition) is 2. The van der Waals surface area contributed by atoms with Crippen LogP contribution in [0.2, 0.25) is 5.02 Å². The molecule has 1 heterocycles. The van der Waals surface area contributed by atoms with Gasteiger partial charge >= 0.3 is 5.97 Å². The summed E-state index contributed by atoms with van der Waals surface area (Å²) in [5, 5.41) is 20.7. The molecule has 0 radical (unpaired) electrons. The number of aryl methyl sites for hydroxylation is 1. The first kappa shape index (κ1) is 24.0. The summed E-state index contributed by atoms with van der Waals surface area (Å²) in [6.07, 6.45) is -0.172. The van der Waals surface area contributed by atoms with Crippen molar-refractivity contribution < 1.29 is 29.3 Å². The van der Waals surface area contributed by atoms with E-state index in [1.165, 1.54) is 12.0 Å². The first-order valence-electron chi connectivity index (χ1n) is 10.7. The zero-order chi connectivity index (χ0) is 25.3. The van der Waals surface area contributed by atoms with E-state index in [-0.39, 0.29) is 28.3 Å². The van der Waals surface area contributed by atoms with Crippen LogP contribution in [0.25, 0.3) is 5.76 Å². The summed E-state index contributed by atoms with van der Waals surface area (Å²) in [6, 6.07) is 17.6. The van der Waals surface area contributed by atoms with Crippen molar-refractivity contribution in [1.82, 2.24) is 0 Å². The standard InChI is InChI=1S/C27H22ClNO6/c1-15-12-19(26(35-2)20(28)13-15)24(32)22-23(17-6-4-3-5-7-17)29(27(34)25(22)33)18-10-8-16(9-11-18)14-21(30)31/h3-13,23,32H,14H2,1-2H3,(H,30,31)/b24-22+. The molecule has 1 amide bonds. The van der Waals surface area contributed by atoms with E-state index >= 15 is 0 Å². The number of aliphatic hydroxyl groups is 1. The maximum atomic E-state index is 13.3. The third-order valence-electron chi connectivity index (χ3n) is 5.78. The minimum atomic E-state index is -0.978. The summed E-state index contributed by atoms with van der Waals surface area (Å²) in [7, 11) is 1.40. The number of aliphatic carboxylic acids is 1. The Morgan fingerprint density at radius 2 is 1.69 bits per heavy atom. The highest BCUT2D eigenvalue weighted by molar-refractivity contribution is 6.51. The lowest BCUT2D eigenvalue weighted by Gasteiger charge is -2.25. The number of hydrogen-bond acceptors (Lipinski definition) is 5. The van der Waals surface area contributed by atoms with Crippen LogP contribution in [0.5, 0.6) is 5.75 Å². The average Bonchev–Trinajstić information content (AvgIpc) is 3.09. The van der Waals surface area contributed by atoms with Crippen LogP contribution in [0.1, 0.15) is 28.3 Å². The molecule has 1 aliphatic heterocycles. The van der Waals surface area contributed by atoms with Gasteiger partial charge in [0.2, 0.25) is 0 Å². The molecule has 8 heteroatoms. The second kappa shape index (κ2) is 9.64. The minimum absolute atomic E-state index is 0.101. The van der Waals surface area contributed by atoms with E-state index in [1.54, 1.807) is 73.7 Å². The van der Waals surface area contributed by atoms with E-state index in [0.29, 0.717) is 16.8 Å². The van der Waals surface area contributed by atoms with Gasteiger partial charge in [0.1, 0.15) is 11.5 Å². The van der Waals surface area contributed by atoms with Gasteiger partial charge in [-0.15, -0.1) is 0 Å². The van der Waals surface area contributed by atoms with E-state index in [2.05, 4.69) is 0 Å². The number of ketones is 1. The van der Waals surface area contributed by atoms with Crippen LogP contribution in [0.15, 0.2) is 72.3 Å². The molecule has 35 heavy (non-hydrogen) atoms. The van der Waals surface area contributed by atoms with E-state index in [1.807, 2.05) is 0 Å². The minimum Gasteiger partial charge on any atom is -0.507 e. The number of aliphatic hydroxyl groups excluding tert-OH is 1. The predicted octanol–water partition coefficient (Wildman–Crippen LogP) is 4.91. The number of halogens is 1. The third-order valence-corrected chi connectivity index (χ3v) is 6.06. The second-order valence-corrected chi connectivity index (χ2v) is 8.55. The van der Waals surface area contributed by atoms with E-state index < -0.39 is 29.5 Å². The highest BCUT2D eigenvalue weighted by Crippen LogP contribution is 2.44. The van der Waals surface area contributed by atoms with Crippen molar-refractivity contribution in [2.45, 2.75) is 19.4 Å². The van der Waals surface area contributed by atoms with Crippen molar-refractivity contribution in [3.63, 3.8) is 0 Å². The molecular weight excluding hydrogens is 470 g/mol. The fourth-order valence-electron chi connectivity index (χ4n) is 4.26. The van der Waals surface area contributed by atoms with Crippen LogP contribution in [0.3, 0.4) is 0 Å². The van der Waals surface area contributed by atoms with E-state index in [0.717, 1.165) is 5.56 Å². The molecule has 7 nitrogen and oxygen atoms in total. The van der Waals surface area contributed by atoms with Crippen molar-refractivity contribution in [2.75, 3.05) is 12.0 Å². The van der Waals surface area contributed by atoms with E-state index in [4.69, 9.17) is 21.4 Å². The lowest BCUT2D eigenvalue weighted by atomic mass is 9.94. The van der Waals surface area contributed by atoms with Gasteiger partial charge in [-0.25, -0.2) is 0 Å². The number of Topliss-reactive ketones (excluding diaryl/α,β-unsaturated/α-hetero) is 1. The highest BCUT2D eigenvalue weighted by atomic mass is 35.5. The number of rotatable bonds is 6. The zero-order valence-corrected chi connectivity index (χ0v) is 19.7. The molecule has 0 saturated carbocycles. The van der Waals surface area contributed by atoms with Gasteiger partial charge in [0.05, 0.1) is 35.7 Å². The van der Waals surface area contributed by atoms with Crippen LogP contribution < -0.4 is 9.64 Å². The molecular formula is C27H22ClNO6. The molecule has 4 rings (SSSR count). The first-order chi connectivity index (χ1) is 16.7. The number of amides is 1. The number of methoxy groups -OCH3 is 1. The van der Waals surface area contributed by atoms with Crippen LogP contribution in [0, 0.1) is 6.92 Å². The van der Waals surface area contributed by atoms with Crippen molar-refractivity contribution in [1.29, 1.82) is 0 Å². The Morgan fingerprint density at radius 1 is 1.03 bits per heavy atom. The lowest BCUT2D eigenvalue weighted by Crippen LogP contribution is -2.29. The van der Waals surface area contributed by atoms with Gasteiger partial charge in [0.15, 0.2) is 0 Å².